The SMILES string of the molecule is Cc1csc(N(C(=O)c2csc3ccccc23)C2CC2)n1. The van der Waals surface area contributed by atoms with Crippen LogP contribution in [0.25, 0.3) is 10.1 Å². The van der Waals surface area contributed by atoms with Crippen molar-refractivity contribution in [2.75, 3.05) is 4.90 Å². The molecule has 1 aliphatic rings. The first-order valence-corrected chi connectivity index (χ1v) is 8.72. The van der Waals surface area contributed by atoms with E-state index in [4.69, 9.17) is 0 Å². The van der Waals surface area contributed by atoms with Crippen LogP contribution in [0.5, 0.6) is 0 Å². The number of aryl methyl sites for hydroxylation is 1. The van der Waals surface area contributed by atoms with Crippen molar-refractivity contribution < 1.29 is 4.79 Å². The second kappa shape index (κ2) is 4.93. The van der Waals surface area contributed by atoms with Gasteiger partial charge in [-0.2, -0.15) is 0 Å². The summed E-state index contributed by atoms with van der Waals surface area (Å²) >= 11 is 3.18. The number of amides is 1. The number of benzene rings is 1. The molecule has 0 aliphatic heterocycles. The molecule has 1 aliphatic carbocycles. The highest BCUT2D eigenvalue weighted by Gasteiger charge is 2.36. The molecule has 106 valence electrons. The highest BCUT2D eigenvalue weighted by atomic mass is 32.1. The molecular formula is C16H14N2OS2. The average Bonchev–Trinajstić information content (AvgIpc) is 3.07. The van der Waals surface area contributed by atoms with Gasteiger partial charge in [-0.1, -0.05) is 18.2 Å². The Bertz CT molecular complexity index is 816. The minimum atomic E-state index is 0.0873. The monoisotopic (exact) mass is 314 g/mol. The molecule has 0 saturated heterocycles. The number of fused-ring (bicyclic) bond motifs is 1. The zero-order chi connectivity index (χ0) is 14.4. The van der Waals surface area contributed by atoms with Gasteiger partial charge in [-0.15, -0.1) is 22.7 Å². The fourth-order valence-electron chi connectivity index (χ4n) is 2.47. The topological polar surface area (TPSA) is 33.2 Å². The van der Waals surface area contributed by atoms with Crippen LogP contribution in [0.1, 0.15) is 28.9 Å². The number of anilines is 1. The maximum atomic E-state index is 13.0. The molecule has 21 heavy (non-hydrogen) atoms. The minimum absolute atomic E-state index is 0.0873. The van der Waals surface area contributed by atoms with Gasteiger partial charge >= 0.3 is 0 Å². The molecule has 1 aromatic carbocycles. The lowest BCUT2D eigenvalue weighted by atomic mass is 10.1. The molecule has 1 saturated carbocycles. The zero-order valence-corrected chi connectivity index (χ0v) is 13.2. The fourth-order valence-corrected chi connectivity index (χ4v) is 4.27. The Balaban J connectivity index is 1.78. The van der Waals surface area contributed by atoms with Gasteiger partial charge in [0.25, 0.3) is 5.91 Å². The molecule has 3 nitrogen and oxygen atoms in total. The van der Waals surface area contributed by atoms with E-state index in [1.165, 1.54) is 0 Å². The largest absolute Gasteiger partial charge is 0.281 e. The highest BCUT2D eigenvalue weighted by molar-refractivity contribution is 7.17. The number of aromatic nitrogens is 1. The summed E-state index contributed by atoms with van der Waals surface area (Å²) in [6.07, 6.45) is 2.15. The Hall–Kier alpha value is -1.72. The Kier molecular flexibility index (Phi) is 3.05. The Morgan fingerprint density at radius 3 is 2.76 bits per heavy atom. The predicted octanol–water partition coefficient (Wildman–Crippen LogP) is 4.48. The first-order valence-electron chi connectivity index (χ1n) is 6.96. The van der Waals surface area contributed by atoms with Crippen LogP contribution in [0, 0.1) is 6.92 Å². The molecule has 4 rings (SSSR count). The molecule has 0 atom stereocenters. The fraction of sp³-hybridized carbons (Fsp3) is 0.250. The van der Waals surface area contributed by atoms with Crippen molar-refractivity contribution in [3.05, 3.63) is 46.3 Å². The lowest BCUT2D eigenvalue weighted by molar-refractivity contribution is 0.0987. The van der Waals surface area contributed by atoms with Crippen LogP contribution in [0.3, 0.4) is 0 Å². The molecule has 1 amide bonds. The van der Waals surface area contributed by atoms with E-state index < -0.39 is 0 Å². The number of nitrogens with zero attached hydrogens (tertiary/aromatic N) is 2. The lowest BCUT2D eigenvalue weighted by Gasteiger charge is -2.19. The van der Waals surface area contributed by atoms with E-state index in [1.54, 1.807) is 22.7 Å². The molecule has 0 spiro atoms. The summed E-state index contributed by atoms with van der Waals surface area (Å²) in [5.41, 5.74) is 1.78. The van der Waals surface area contributed by atoms with E-state index in [2.05, 4.69) is 11.1 Å². The zero-order valence-electron chi connectivity index (χ0n) is 11.6. The van der Waals surface area contributed by atoms with Gasteiger partial charge in [0.05, 0.1) is 11.3 Å². The third-order valence-electron chi connectivity index (χ3n) is 3.66. The van der Waals surface area contributed by atoms with Crippen molar-refractivity contribution in [1.29, 1.82) is 0 Å². The van der Waals surface area contributed by atoms with E-state index >= 15 is 0 Å². The standard InChI is InChI=1S/C16H14N2OS2/c1-10-8-21-16(17-10)18(11-6-7-11)15(19)13-9-20-14-5-3-2-4-12(13)14/h2-5,8-9,11H,6-7H2,1H3. The molecule has 0 bridgehead atoms. The van der Waals surface area contributed by atoms with Crippen molar-refractivity contribution in [3.8, 4) is 0 Å². The van der Waals surface area contributed by atoms with Gasteiger partial charge in [0.1, 0.15) is 0 Å². The highest BCUT2D eigenvalue weighted by Crippen LogP contribution is 2.36. The Morgan fingerprint density at radius 2 is 2.05 bits per heavy atom. The van der Waals surface area contributed by atoms with Crippen LogP contribution >= 0.6 is 22.7 Å². The quantitative estimate of drug-likeness (QED) is 0.714. The second-order valence-corrected chi connectivity index (χ2v) is 7.07. The van der Waals surface area contributed by atoms with E-state index in [1.807, 2.05) is 40.8 Å². The third kappa shape index (κ3) is 2.26. The van der Waals surface area contributed by atoms with Crippen molar-refractivity contribution >= 4 is 43.8 Å². The number of carbonyl (C=O) groups is 1. The maximum absolute atomic E-state index is 13.0. The molecule has 3 aromatic rings. The van der Waals surface area contributed by atoms with Crippen molar-refractivity contribution in [3.63, 3.8) is 0 Å². The normalized spacial score (nSPS) is 14.5. The molecule has 2 aromatic heterocycles. The number of carbonyl (C=O) groups excluding carboxylic acids is 1. The van der Waals surface area contributed by atoms with Crippen molar-refractivity contribution in [2.45, 2.75) is 25.8 Å². The first kappa shape index (κ1) is 13.0. The van der Waals surface area contributed by atoms with E-state index in [0.29, 0.717) is 6.04 Å². The van der Waals surface area contributed by atoms with Gasteiger partial charge < -0.3 is 0 Å². The van der Waals surface area contributed by atoms with Crippen LogP contribution < -0.4 is 4.90 Å². The summed E-state index contributed by atoms with van der Waals surface area (Å²) in [6, 6.07) is 8.40. The molecule has 0 radical (unpaired) electrons. The summed E-state index contributed by atoms with van der Waals surface area (Å²) in [4.78, 5) is 19.4. The van der Waals surface area contributed by atoms with Gasteiger partial charge in [-0.25, -0.2) is 4.98 Å². The minimum Gasteiger partial charge on any atom is -0.281 e. The number of hydrogen-bond acceptors (Lipinski definition) is 4. The molecule has 5 heteroatoms. The van der Waals surface area contributed by atoms with Crippen LogP contribution in [-0.2, 0) is 0 Å². The van der Waals surface area contributed by atoms with E-state index in [0.717, 1.165) is 39.3 Å². The molecular weight excluding hydrogens is 300 g/mol. The van der Waals surface area contributed by atoms with E-state index in [-0.39, 0.29) is 5.91 Å². The molecule has 1 fully saturated rings. The molecule has 2 heterocycles. The number of thiazole rings is 1. The number of rotatable bonds is 3. The number of thiophene rings is 1. The van der Waals surface area contributed by atoms with E-state index in [9.17, 15) is 4.79 Å². The average molecular weight is 314 g/mol. The predicted molar refractivity (Wildman–Crippen MR) is 88.5 cm³/mol. The third-order valence-corrected chi connectivity index (χ3v) is 5.58. The van der Waals surface area contributed by atoms with Gasteiger partial charge in [0.15, 0.2) is 5.13 Å². The van der Waals surface area contributed by atoms with Crippen LogP contribution in [0.15, 0.2) is 35.0 Å². The molecule has 0 unspecified atom stereocenters. The summed E-state index contributed by atoms with van der Waals surface area (Å²) < 4.78 is 1.16. The van der Waals surface area contributed by atoms with Crippen LogP contribution in [0.2, 0.25) is 0 Å². The summed E-state index contributed by atoms with van der Waals surface area (Å²) in [6.45, 7) is 1.97. The smallest absolute Gasteiger partial charge is 0.261 e. The van der Waals surface area contributed by atoms with Gasteiger partial charge in [-0.05, 0) is 25.8 Å². The number of hydrogen-bond donors (Lipinski definition) is 0. The van der Waals surface area contributed by atoms with Gasteiger partial charge in [0.2, 0.25) is 0 Å². The summed E-state index contributed by atoms with van der Waals surface area (Å²) in [5.74, 6) is 0.0873. The van der Waals surface area contributed by atoms with Crippen LogP contribution in [-0.4, -0.2) is 16.9 Å². The van der Waals surface area contributed by atoms with Crippen LogP contribution in [0.4, 0.5) is 5.13 Å². The molecule has 0 N–H and O–H groups in total. The summed E-state index contributed by atoms with van der Waals surface area (Å²) in [5, 5.41) is 5.86. The second-order valence-electron chi connectivity index (χ2n) is 5.32. The van der Waals surface area contributed by atoms with Gasteiger partial charge in [-0.3, -0.25) is 9.69 Å². The lowest BCUT2D eigenvalue weighted by Crippen LogP contribution is -2.32. The Morgan fingerprint density at radius 1 is 1.24 bits per heavy atom. The Labute approximate surface area is 130 Å². The van der Waals surface area contributed by atoms with Gasteiger partial charge in [0, 0.05) is 26.9 Å². The summed E-state index contributed by atoms with van der Waals surface area (Å²) in [7, 11) is 0. The maximum Gasteiger partial charge on any atom is 0.261 e. The van der Waals surface area contributed by atoms with Crippen molar-refractivity contribution in [1.82, 2.24) is 4.98 Å². The van der Waals surface area contributed by atoms with Crippen molar-refractivity contribution in [2.24, 2.45) is 0 Å². The first-order chi connectivity index (χ1) is 10.2.